The summed E-state index contributed by atoms with van der Waals surface area (Å²) in [5.74, 6) is -0.119. The Bertz CT molecular complexity index is 395. The number of methoxy groups -OCH3 is 1. The molecule has 106 valence electrons. The highest BCUT2D eigenvalue weighted by Crippen LogP contribution is 2.16. The van der Waals surface area contributed by atoms with Crippen LogP contribution in [0.5, 0.6) is 0 Å². The fourth-order valence-corrected chi connectivity index (χ4v) is 2.00. The van der Waals surface area contributed by atoms with Gasteiger partial charge in [0.05, 0.1) is 12.1 Å². The molecule has 0 saturated carbocycles. The van der Waals surface area contributed by atoms with Gasteiger partial charge in [0.1, 0.15) is 0 Å². The van der Waals surface area contributed by atoms with Gasteiger partial charge in [0.25, 0.3) is 0 Å². The zero-order valence-corrected chi connectivity index (χ0v) is 12.9. The predicted octanol–water partition coefficient (Wildman–Crippen LogP) is 2.38. The number of rotatable bonds is 7. The number of carbonyl (C=O) groups is 1. The molecule has 0 spiro atoms. The van der Waals surface area contributed by atoms with Gasteiger partial charge >= 0.3 is 0 Å². The van der Waals surface area contributed by atoms with Crippen LogP contribution in [-0.2, 0) is 9.53 Å². The summed E-state index contributed by atoms with van der Waals surface area (Å²) < 4.78 is 5.96. The number of amides is 1. The lowest BCUT2D eigenvalue weighted by Gasteiger charge is -2.18. The number of halogens is 1. The molecular formula is C14H21BrN2O2. The Morgan fingerprint density at radius 1 is 1.42 bits per heavy atom. The summed E-state index contributed by atoms with van der Waals surface area (Å²) in [5, 5.41) is 2.92. The minimum atomic E-state index is -0.479. The van der Waals surface area contributed by atoms with E-state index in [2.05, 4.69) is 21.2 Å². The summed E-state index contributed by atoms with van der Waals surface area (Å²) in [6.45, 7) is 2.58. The molecule has 0 saturated heterocycles. The van der Waals surface area contributed by atoms with Crippen LogP contribution in [0.15, 0.2) is 28.7 Å². The summed E-state index contributed by atoms with van der Waals surface area (Å²) in [4.78, 5) is 11.9. The molecule has 0 aromatic heterocycles. The van der Waals surface area contributed by atoms with Crippen LogP contribution in [0.2, 0.25) is 0 Å². The second-order valence-corrected chi connectivity index (χ2v) is 5.44. The molecule has 19 heavy (non-hydrogen) atoms. The van der Waals surface area contributed by atoms with E-state index in [9.17, 15) is 4.79 Å². The zero-order chi connectivity index (χ0) is 14.3. The van der Waals surface area contributed by atoms with Crippen molar-refractivity contribution in [1.29, 1.82) is 0 Å². The lowest BCUT2D eigenvalue weighted by molar-refractivity contribution is -0.123. The third-order valence-corrected chi connectivity index (χ3v) is 3.46. The van der Waals surface area contributed by atoms with Gasteiger partial charge in [0, 0.05) is 18.2 Å². The van der Waals surface area contributed by atoms with E-state index in [4.69, 9.17) is 10.5 Å². The highest BCUT2D eigenvalue weighted by molar-refractivity contribution is 9.10. The van der Waals surface area contributed by atoms with Crippen molar-refractivity contribution in [3.63, 3.8) is 0 Å². The van der Waals surface area contributed by atoms with Crippen LogP contribution in [0.3, 0.4) is 0 Å². The first-order chi connectivity index (χ1) is 9.04. The van der Waals surface area contributed by atoms with E-state index in [0.29, 0.717) is 13.0 Å². The van der Waals surface area contributed by atoms with Crippen LogP contribution < -0.4 is 11.1 Å². The summed E-state index contributed by atoms with van der Waals surface area (Å²) in [6.07, 6.45) is 1.42. The number of hydrogen-bond acceptors (Lipinski definition) is 3. The van der Waals surface area contributed by atoms with Gasteiger partial charge in [-0.2, -0.15) is 0 Å². The third-order valence-electron chi connectivity index (χ3n) is 2.93. The third kappa shape index (κ3) is 5.72. The minimum absolute atomic E-state index is 0.0472. The van der Waals surface area contributed by atoms with Gasteiger partial charge in [-0.05, 0) is 37.5 Å². The smallest absolute Gasteiger partial charge is 0.237 e. The molecule has 2 atom stereocenters. The standard InChI is InChI=1S/C14H21BrN2O2/c1-10(11-5-7-12(15)8-6-11)17-14(18)13(16)4-3-9-19-2/h5-8,10,13H,3-4,9,16H2,1-2H3,(H,17,18). The number of hydrogen-bond donors (Lipinski definition) is 2. The first-order valence-electron chi connectivity index (χ1n) is 6.35. The highest BCUT2D eigenvalue weighted by Gasteiger charge is 2.16. The molecule has 5 heteroatoms. The Morgan fingerprint density at radius 2 is 2.05 bits per heavy atom. The Hall–Kier alpha value is -0.910. The molecular weight excluding hydrogens is 308 g/mol. The Kier molecular flexibility index (Phi) is 7.05. The van der Waals surface area contributed by atoms with Crippen LogP contribution >= 0.6 is 15.9 Å². The SMILES string of the molecule is COCCCC(N)C(=O)NC(C)c1ccc(Br)cc1. The molecule has 3 N–H and O–H groups in total. The number of ether oxygens (including phenoxy) is 1. The average molecular weight is 329 g/mol. The first-order valence-corrected chi connectivity index (χ1v) is 7.14. The molecule has 4 nitrogen and oxygen atoms in total. The fraction of sp³-hybridized carbons (Fsp3) is 0.500. The average Bonchev–Trinajstić information content (AvgIpc) is 2.39. The van der Waals surface area contributed by atoms with E-state index in [1.807, 2.05) is 31.2 Å². The van der Waals surface area contributed by atoms with Crippen molar-refractivity contribution in [3.05, 3.63) is 34.3 Å². The molecule has 1 amide bonds. The van der Waals surface area contributed by atoms with Crippen molar-refractivity contribution in [2.75, 3.05) is 13.7 Å². The topological polar surface area (TPSA) is 64.3 Å². The second-order valence-electron chi connectivity index (χ2n) is 4.52. The maximum absolute atomic E-state index is 11.9. The maximum Gasteiger partial charge on any atom is 0.237 e. The molecule has 2 unspecified atom stereocenters. The molecule has 0 heterocycles. The minimum Gasteiger partial charge on any atom is -0.385 e. The van der Waals surface area contributed by atoms with E-state index in [0.717, 1.165) is 16.5 Å². The van der Waals surface area contributed by atoms with Crippen molar-refractivity contribution in [2.45, 2.75) is 31.8 Å². The number of benzene rings is 1. The van der Waals surface area contributed by atoms with Crippen molar-refractivity contribution in [2.24, 2.45) is 5.73 Å². The highest BCUT2D eigenvalue weighted by atomic mass is 79.9. The van der Waals surface area contributed by atoms with E-state index in [-0.39, 0.29) is 11.9 Å². The quantitative estimate of drug-likeness (QED) is 0.755. The number of carbonyl (C=O) groups excluding carboxylic acids is 1. The van der Waals surface area contributed by atoms with Crippen molar-refractivity contribution in [1.82, 2.24) is 5.32 Å². The summed E-state index contributed by atoms with van der Waals surface area (Å²) in [5.41, 5.74) is 6.89. The predicted molar refractivity (Wildman–Crippen MR) is 79.8 cm³/mol. The Labute approximate surface area is 122 Å². The molecule has 0 aliphatic rings. The van der Waals surface area contributed by atoms with Gasteiger partial charge in [-0.15, -0.1) is 0 Å². The first kappa shape index (κ1) is 16.1. The monoisotopic (exact) mass is 328 g/mol. The van der Waals surface area contributed by atoms with Gasteiger partial charge < -0.3 is 15.8 Å². The van der Waals surface area contributed by atoms with Crippen LogP contribution in [-0.4, -0.2) is 25.7 Å². The van der Waals surface area contributed by atoms with E-state index >= 15 is 0 Å². The molecule has 1 aromatic rings. The molecule has 0 aliphatic heterocycles. The van der Waals surface area contributed by atoms with Gasteiger partial charge in [-0.1, -0.05) is 28.1 Å². The molecule has 1 aromatic carbocycles. The van der Waals surface area contributed by atoms with Crippen LogP contribution in [0, 0.1) is 0 Å². The van der Waals surface area contributed by atoms with E-state index in [1.54, 1.807) is 7.11 Å². The molecule has 0 aliphatic carbocycles. The lowest BCUT2D eigenvalue weighted by atomic mass is 10.1. The summed E-state index contributed by atoms with van der Waals surface area (Å²) in [7, 11) is 1.64. The van der Waals surface area contributed by atoms with Gasteiger partial charge in [0.2, 0.25) is 5.91 Å². The Morgan fingerprint density at radius 3 is 2.63 bits per heavy atom. The normalized spacial score (nSPS) is 13.9. The van der Waals surface area contributed by atoms with Crippen molar-refractivity contribution in [3.8, 4) is 0 Å². The van der Waals surface area contributed by atoms with Crippen molar-refractivity contribution >= 4 is 21.8 Å². The second kappa shape index (κ2) is 8.30. The maximum atomic E-state index is 11.9. The summed E-state index contributed by atoms with van der Waals surface area (Å²) >= 11 is 3.38. The van der Waals surface area contributed by atoms with Gasteiger partial charge in [-0.25, -0.2) is 0 Å². The van der Waals surface area contributed by atoms with Crippen LogP contribution in [0.4, 0.5) is 0 Å². The Balaban J connectivity index is 2.44. The molecule has 0 bridgehead atoms. The van der Waals surface area contributed by atoms with Gasteiger partial charge in [-0.3, -0.25) is 4.79 Å². The summed E-state index contributed by atoms with van der Waals surface area (Å²) in [6, 6.07) is 7.34. The van der Waals surface area contributed by atoms with E-state index < -0.39 is 6.04 Å². The molecule has 0 fully saturated rings. The number of nitrogens with one attached hydrogen (secondary N) is 1. The fourth-order valence-electron chi connectivity index (χ4n) is 1.73. The number of nitrogens with two attached hydrogens (primary N) is 1. The zero-order valence-electron chi connectivity index (χ0n) is 11.4. The molecule has 0 radical (unpaired) electrons. The van der Waals surface area contributed by atoms with Gasteiger partial charge in [0.15, 0.2) is 0 Å². The molecule has 1 rings (SSSR count). The van der Waals surface area contributed by atoms with Crippen molar-refractivity contribution < 1.29 is 9.53 Å². The van der Waals surface area contributed by atoms with Crippen LogP contribution in [0.25, 0.3) is 0 Å². The largest absolute Gasteiger partial charge is 0.385 e. The van der Waals surface area contributed by atoms with E-state index in [1.165, 1.54) is 0 Å². The lowest BCUT2D eigenvalue weighted by Crippen LogP contribution is -2.41. The van der Waals surface area contributed by atoms with Crippen LogP contribution in [0.1, 0.15) is 31.4 Å².